The van der Waals surface area contributed by atoms with Gasteiger partial charge in [-0.05, 0) is 25.5 Å². The lowest BCUT2D eigenvalue weighted by atomic mass is 10.2. The quantitative estimate of drug-likeness (QED) is 0.788. The number of carbonyl (C=O) groups is 1. The molecule has 2 heterocycles. The second-order valence-electron chi connectivity index (χ2n) is 5.64. The number of nitrogens with zero attached hydrogens (tertiary/aromatic N) is 3. The van der Waals surface area contributed by atoms with Crippen LogP contribution in [0.1, 0.15) is 17.0 Å². The SMILES string of the molecule is Cc1c2cnn(CC(=O)O)c(=O)c2c(C)n1Cc1ccccc1Cl. The van der Waals surface area contributed by atoms with Gasteiger partial charge in [-0.25, -0.2) is 4.68 Å². The number of hydrogen-bond donors (Lipinski definition) is 1. The maximum atomic E-state index is 12.6. The first-order valence-electron chi connectivity index (χ1n) is 7.41. The number of halogens is 1. The summed E-state index contributed by atoms with van der Waals surface area (Å²) in [6.07, 6.45) is 1.55. The first-order valence-corrected chi connectivity index (χ1v) is 7.78. The van der Waals surface area contributed by atoms with E-state index in [1.165, 1.54) is 0 Å². The molecule has 0 spiro atoms. The Kier molecular flexibility index (Phi) is 4.15. The molecule has 2 aromatic heterocycles. The van der Waals surface area contributed by atoms with Crippen LogP contribution in [0.5, 0.6) is 0 Å². The minimum absolute atomic E-state index is 0.395. The number of hydrogen-bond acceptors (Lipinski definition) is 3. The number of aryl methyl sites for hydroxylation is 2. The van der Waals surface area contributed by atoms with Gasteiger partial charge >= 0.3 is 5.97 Å². The monoisotopic (exact) mass is 345 g/mol. The molecule has 0 radical (unpaired) electrons. The normalized spacial score (nSPS) is 11.1. The molecule has 0 atom stereocenters. The van der Waals surface area contributed by atoms with Crippen LogP contribution in [-0.4, -0.2) is 25.4 Å². The van der Waals surface area contributed by atoms with Gasteiger partial charge in [0.05, 0.1) is 11.6 Å². The number of benzene rings is 1. The molecule has 6 nitrogen and oxygen atoms in total. The van der Waals surface area contributed by atoms with Gasteiger partial charge in [-0.3, -0.25) is 9.59 Å². The minimum Gasteiger partial charge on any atom is -0.480 e. The molecule has 1 N–H and O–H groups in total. The van der Waals surface area contributed by atoms with Crippen molar-refractivity contribution in [3.8, 4) is 0 Å². The summed E-state index contributed by atoms with van der Waals surface area (Å²) in [6.45, 7) is 3.83. The summed E-state index contributed by atoms with van der Waals surface area (Å²) in [5.74, 6) is -1.10. The Hall–Kier alpha value is -2.60. The van der Waals surface area contributed by atoms with Crippen LogP contribution >= 0.6 is 11.6 Å². The van der Waals surface area contributed by atoms with Crippen LogP contribution in [0.15, 0.2) is 35.3 Å². The summed E-state index contributed by atoms with van der Waals surface area (Å²) in [4.78, 5) is 23.4. The Bertz CT molecular complexity index is 1000. The smallest absolute Gasteiger partial charge is 0.325 e. The summed E-state index contributed by atoms with van der Waals surface area (Å²) in [5.41, 5.74) is 2.22. The third kappa shape index (κ3) is 2.69. The van der Waals surface area contributed by atoms with Crippen molar-refractivity contribution < 1.29 is 9.90 Å². The average molecular weight is 346 g/mol. The fourth-order valence-electron chi connectivity index (χ4n) is 2.92. The lowest BCUT2D eigenvalue weighted by Crippen LogP contribution is -2.26. The van der Waals surface area contributed by atoms with Gasteiger partial charge < -0.3 is 9.67 Å². The van der Waals surface area contributed by atoms with Gasteiger partial charge in [0.2, 0.25) is 0 Å². The fraction of sp³-hybridized carbons (Fsp3) is 0.235. The topological polar surface area (TPSA) is 77.1 Å². The van der Waals surface area contributed by atoms with Crippen LogP contribution in [0.3, 0.4) is 0 Å². The molecule has 0 bridgehead atoms. The Labute approximate surface area is 142 Å². The molecule has 0 aliphatic carbocycles. The lowest BCUT2D eigenvalue weighted by molar-refractivity contribution is -0.137. The molecule has 0 aliphatic rings. The van der Waals surface area contributed by atoms with Crippen molar-refractivity contribution in [1.82, 2.24) is 14.3 Å². The molecule has 0 saturated carbocycles. The van der Waals surface area contributed by atoms with Crippen LogP contribution in [0.2, 0.25) is 5.02 Å². The molecular formula is C17H16ClN3O3. The van der Waals surface area contributed by atoms with Crippen LogP contribution in [-0.2, 0) is 17.9 Å². The molecule has 0 unspecified atom stereocenters. The number of aromatic nitrogens is 3. The molecule has 124 valence electrons. The van der Waals surface area contributed by atoms with Gasteiger partial charge in [0.1, 0.15) is 6.54 Å². The molecule has 0 saturated heterocycles. The Balaban J connectivity index is 2.17. The zero-order valence-electron chi connectivity index (χ0n) is 13.3. The largest absolute Gasteiger partial charge is 0.480 e. The van der Waals surface area contributed by atoms with E-state index < -0.39 is 18.1 Å². The Morgan fingerprint density at radius 2 is 1.96 bits per heavy atom. The van der Waals surface area contributed by atoms with Gasteiger partial charge in [-0.1, -0.05) is 29.8 Å². The van der Waals surface area contributed by atoms with E-state index in [1.54, 1.807) is 6.20 Å². The standard InChI is InChI=1S/C17H16ClN3O3/c1-10-13-7-19-21(9-15(22)23)17(24)16(13)11(2)20(10)8-12-5-3-4-6-14(12)18/h3-7H,8-9H2,1-2H3,(H,22,23). The Morgan fingerprint density at radius 3 is 2.62 bits per heavy atom. The highest BCUT2D eigenvalue weighted by atomic mass is 35.5. The zero-order valence-corrected chi connectivity index (χ0v) is 14.0. The van der Waals surface area contributed by atoms with Crippen molar-refractivity contribution in [1.29, 1.82) is 0 Å². The van der Waals surface area contributed by atoms with Crippen LogP contribution < -0.4 is 5.56 Å². The molecule has 0 amide bonds. The average Bonchev–Trinajstić information content (AvgIpc) is 2.77. The van der Waals surface area contributed by atoms with E-state index in [0.29, 0.717) is 17.0 Å². The van der Waals surface area contributed by atoms with E-state index >= 15 is 0 Å². The first kappa shape index (κ1) is 16.3. The van der Waals surface area contributed by atoms with Crippen LogP contribution in [0.4, 0.5) is 0 Å². The van der Waals surface area contributed by atoms with Crippen molar-refractivity contribution in [2.45, 2.75) is 26.9 Å². The molecule has 7 heteroatoms. The van der Waals surface area contributed by atoms with E-state index in [2.05, 4.69) is 5.10 Å². The van der Waals surface area contributed by atoms with Crippen molar-refractivity contribution >= 4 is 28.3 Å². The van der Waals surface area contributed by atoms with E-state index in [0.717, 1.165) is 27.0 Å². The summed E-state index contributed by atoms with van der Waals surface area (Å²) in [6, 6.07) is 7.54. The molecule has 3 rings (SSSR count). The van der Waals surface area contributed by atoms with Crippen LogP contribution in [0.25, 0.3) is 10.8 Å². The third-order valence-electron chi connectivity index (χ3n) is 4.18. The highest BCUT2D eigenvalue weighted by Gasteiger charge is 2.17. The predicted molar refractivity (Wildman–Crippen MR) is 91.7 cm³/mol. The lowest BCUT2D eigenvalue weighted by Gasteiger charge is -2.10. The first-order chi connectivity index (χ1) is 11.4. The van der Waals surface area contributed by atoms with E-state index in [1.807, 2.05) is 42.7 Å². The number of rotatable bonds is 4. The van der Waals surface area contributed by atoms with Crippen molar-refractivity contribution in [3.63, 3.8) is 0 Å². The summed E-state index contributed by atoms with van der Waals surface area (Å²) < 4.78 is 2.97. The molecule has 1 aromatic carbocycles. The predicted octanol–water partition coefficient (Wildman–Crippen LogP) is 2.60. The van der Waals surface area contributed by atoms with Crippen molar-refractivity contribution in [3.05, 3.63) is 62.8 Å². The molecule has 3 aromatic rings. The summed E-state index contributed by atoms with van der Waals surface area (Å²) in [7, 11) is 0. The molecular weight excluding hydrogens is 330 g/mol. The van der Waals surface area contributed by atoms with E-state index in [9.17, 15) is 9.59 Å². The molecule has 24 heavy (non-hydrogen) atoms. The van der Waals surface area contributed by atoms with Gasteiger partial charge in [0.25, 0.3) is 5.56 Å². The summed E-state index contributed by atoms with van der Waals surface area (Å²) in [5, 5.41) is 14.8. The third-order valence-corrected chi connectivity index (χ3v) is 4.55. The number of carboxylic acids is 1. The van der Waals surface area contributed by atoms with Crippen molar-refractivity contribution in [2.75, 3.05) is 0 Å². The minimum atomic E-state index is -1.10. The van der Waals surface area contributed by atoms with Crippen molar-refractivity contribution in [2.24, 2.45) is 0 Å². The Morgan fingerprint density at radius 1 is 1.25 bits per heavy atom. The maximum Gasteiger partial charge on any atom is 0.325 e. The highest BCUT2D eigenvalue weighted by molar-refractivity contribution is 6.31. The highest BCUT2D eigenvalue weighted by Crippen LogP contribution is 2.25. The molecule has 0 fully saturated rings. The van der Waals surface area contributed by atoms with Gasteiger partial charge in [0, 0.05) is 28.3 Å². The maximum absolute atomic E-state index is 12.6. The van der Waals surface area contributed by atoms with E-state index in [-0.39, 0.29) is 0 Å². The van der Waals surface area contributed by atoms with E-state index in [4.69, 9.17) is 16.7 Å². The van der Waals surface area contributed by atoms with Gasteiger partial charge in [-0.2, -0.15) is 5.10 Å². The number of fused-ring (bicyclic) bond motifs is 1. The number of aliphatic carboxylic acids is 1. The zero-order chi connectivity index (χ0) is 17.4. The second kappa shape index (κ2) is 6.13. The fourth-order valence-corrected chi connectivity index (χ4v) is 3.11. The van der Waals surface area contributed by atoms with Gasteiger partial charge in [0.15, 0.2) is 0 Å². The van der Waals surface area contributed by atoms with Crippen LogP contribution in [0, 0.1) is 13.8 Å². The second-order valence-corrected chi connectivity index (χ2v) is 6.05. The molecule has 0 aliphatic heterocycles. The van der Waals surface area contributed by atoms with Gasteiger partial charge in [-0.15, -0.1) is 0 Å². The number of carboxylic acid groups (broad SMARTS) is 1. The summed E-state index contributed by atoms with van der Waals surface area (Å²) >= 11 is 6.23.